The molecule has 0 unspecified atom stereocenters. The number of anilines is 6. The van der Waals surface area contributed by atoms with Crippen molar-refractivity contribution in [3.8, 4) is 0 Å². The van der Waals surface area contributed by atoms with Crippen LogP contribution in [0.2, 0.25) is 0 Å². The molecule has 0 radical (unpaired) electrons. The summed E-state index contributed by atoms with van der Waals surface area (Å²) >= 11 is 0. The fourth-order valence-electron chi connectivity index (χ4n) is 6.31. The van der Waals surface area contributed by atoms with E-state index in [0.29, 0.717) is 0 Å². The van der Waals surface area contributed by atoms with E-state index in [2.05, 4.69) is 232 Å². The highest BCUT2D eigenvalue weighted by molar-refractivity contribution is 5.86. The molecule has 0 fully saturated rings. The van der Waals surface area contributed by atoms with Gasteiger partial charge in [0.05, 0.1) is 5.69 Å². The molecule has 0 aliphatic rings. The molecule has 7 aromatic carbocycles. The second-order valence-corrected chi connectivity index (χ2v) is 13.5. The molecule has 0 aromatic heterocycles. The first-order valence-electron chi connectivity index (χ1n) is 17.9. The normalized spacial score (nSPS) is 11.3. The smallest absolute Gasteiger partial charge is 0.0533 e. The molecule has 0 aliphatic carbocycles. The second-order valence-electron chi connectivity index (χ2n) is 13.5. The van der Waals surface area contributed by atoms with E-state index in [9.17, 15) is 0 Å². The van der Waals surface area contributed by atoms with Gasteiger partial charge in [-0.3, -0.25) is 0 Å². The Morgan fingerprint density at radius 3 is 0.962 bits per heavy atom. The third kappa shape index (κ3) is 8.15. The number of nitrogens with zero attached hydrogens (tertiary/aromatic N) is 2. The molecule has 0 bridgehead atoms. The summed E-state index contributed by atoms with van der Waals surface area (Å²) in [5, 5.41) is 0. The van der Waals surface area contributed by atoms with E-state index in [1.807, 2.05) is 0 Å². The predicted molar refractivity (Wildman–Crippen MR) is 225 cm³/mol. The van der Waals surface area contributed by atoms with Crippen molar-refractivity contribution in [1.29, 1.82) is 0 Å². The Hall–Kier alpha value is -6.38. The Bertz CT molecular complexity index is 2190. The molecule has 254 valence electrons. The van der Waals surface area contributed by atoms with Gasteiger partial charge in [-0.15, -0.1) is 0 Å². The largest absolute Gasteiger partial charge is 0.311 e. The van der Waals surface area contributed by atoms with Gasteiger partial charge in [0, 0.05) is 28.4 Å². The lowest BCUT2D eigenvalue weighted by atomic mass is 10.1. The van der Waals surface area contributed by atoms with E-state index in [4.69, 9.17) is 0 Å². The first-order chi connectivity index (χ1) is 25.4. The number of hydrogen-bond acceptors (Lipinski definition) is 2. The van der Waals surface area contributed by atoms with Gasteiger partial charge in [-0.1, -0.05) is 150 Å². The molecule has 0 amide bonds. The molecule has 7 rings (SSSR count). The van der Waals surface area contributed by atoms with E-state index in [0.717, 1.165) is 56.4 Å². The third-order valence-electron chi connectivity index (χ3n) is 9.36. The van der Waals surface area contributed by atoms with E-state index in [1.54, 1.807) is 0 Å². The van der Waals surface area contributed by atoms with Crippen molar-refractivity contribution in [2.75, 3.05) is 9.80 Å². The Kier molecular flexibility index (Phi) is 10.3. The van der Waals surface area contributed by atoms with Crippen LogP contribution in [0, 0.1) is 27.7 Å². The van der Waals surface area contributed by atoms with Crippen molar-refractivity contribution >= 4 is 58.4 Å². The Labute approximate surface area is 309 Å². The number of para-hydroxylation sites is 1. The molecule has 0 atom stereocenters. The third-order valence-corrected chi connectivity index (χ3v) is 9.36. The van der Waals surface area contributed by atoms with Gasteiger partial charge in [0.15, 0.2) is 0 Å². The van der Waals surface area contributed by atoms with Crippen LogP contribution in [0.1, 0.15) is 44.5 Å². The van der Waals surface area contributed by atoms with Crippen molar-refractivity contribution in [2.24, 2.45) is 0 Å². The molecule has 0 saturated carbocycles. The summed E-state index contributed by atoms with van der Waals surface area (Å²) in [4.78, 5) is 4.64. The maximum Gasteiger partial charge on any atom is 0.0533 e. The topological polar surface area (TPSA) is 6.48 Å². The lowest BCUT2D eigenvalue weighted by Crippen LogP contribution is -2.11. The molecular weight excluding hydrogens is 629 g/mol. The maximum atomic E-state index is 2.33. The average Bonchev–Trinajstić information content (AvgIpc) is 3.18. The van der Waals surface area contributed by atoms with E-state index < -0.39 is 0 Å². The molecule has 0 saturated heterocycles. The molecular formula is C50H44N2. The average molecular weight is 673 g/mol. The fourth-order valence-corrected chi connectivity index (χ4v) is 6.31. The van der Waals surface area contributed by atoms with Crippen molar-refractivity contribution in [3.63, 3.8) is 0 Å². The van der Waals surface area contributed by atoms with Crippen LogP contribution in [-0.4, -0.2) is 0 Å². The first-order valence-corrected chi connectivity index (χ1v) is 17.9. The summed E-state index contributed by atoms with van der Waals surface area (Å²) in [7, 11) is 0. The Balaban J connectivity index is 1.08. The van der Waals surface area contributed by atoms with Gasteiger partial charge in [-0.2, -0.15) is 0 Å². The quantitative estimate of drug-likeness (QED) is 0.133. The summed E-state index contributed by atoms with van der Waals surface area (Å²) < 4.78 is 0. The van der Waals surface area contributed by atoms with Gasteiger partial charge in [-0.25, -0.2) is 0 Å². The predicted octanol–water partition coefficient (Wildman–Crippen LogP) is 14.2. The fraction of sp³-hybridized carbons (Fsp3) is 0.0800. The van der Waals surface area contributed by atoms with E-state index in [1.165, 1.54) is 22.3 Å². The summed E-state index contributed by atoms with van der Waals surface area (Å²) in [6.07, 6.45) is 8.77. The second kappa shape index (κ2) is 15.7. The van der Waals surface area contributed by atoms with E-state index in [-0.39, 0.29) is 0 Å². The highest BCUT2D eigenvalue weighted by atomic mass is 15.1. The molecule has 2 heteroatoms. The minimum absolute atomic E-state index is 1.13. The van der Waals surface area contributed by atoms with Gasteiger partial charge in [0.2, 0.25) is 0 Å². The lowest BCUT2D eigenvalue weighted by Gasteiger charge is -2.27. The van der Waals surface area contributed by atoms with Gasteiger partial charge in [-0.05, 0) is 117 Å². The van der Waals surface area contributed by atoms with Crippen LogP contribution < -0.4 is 9.80 Å². The first kappa shape index (κ1) is 34.1. The lowest BCUT2D eigenvalue weighted by molar-refractivity contribution is 1.26. The highest BCUT2D eigenvalue weighted by Gasteiger charge is 2.15. The van der Waals surface area contributed by atoms with Crippen LogP contribution in [0.4, 0.5) is 34.1 Å². The number of rotatable bonds is 10. The minimum Gasteiger partial charge on any atom is -0.311 e. The Morgan fingerprint density at radius 2 is 0.577 bits per heavy atom. The van der Waals surface area contributed by atoms with Gasteiger partial charge >= 0.3 is 0 Å². The summed E-state index contributed by atoms with van der Waals surface area (Å²) in [5.74, 6) is 0. The van der Waals surface area contributed by atoms with Crippen molar-refractivity contribution in [1.82, 2.24) is 0 Å². The summed E-state index contributed by atoms with van der Waals surface area (Å²) in [6.45, 7) is 8.50. The summed E-state index contributed by atoms with van der Waals surface area (Å²) in [6, 6.07) is 61.0. The maximum absolute atomic E-state index is 2.33. The van der Waals surface area contributed by atoms with Crippen LogP contribution in [0.3, 0.4) is 0 Å². The van der Waals surface area contributed by atoms with Gasteiger partial charge in [0.1, 0.15) is 0 Å². The van der Waals surface area contributed by atoms with Crippen LogP contribution in [0.25, 0.3) is 24.3 Å². The standard InChI is InChI=1S/C50H44N2/c1-37-9-27-45(28-10-37)51(46-29-11-38(2)12-30-46)47-35-24-43(25-36-47)22-19-41-17-20-42(21-18-41)23-26-44-7-5-6-8-50(44)52(48-31-13-39(3)14-32-48)49-33-15-40(4)16-34-49/h5-36H,1-4H3. The monoisotopic (exact) mass is 672 g/mol. The van der Waals surface area contributed by atoms with Crippen molar-refractivity contribution in [3.05, 3.63) is 214 Å². The van der Waals surface area contributed by atoms with Crippen molar-refractivity contribution < 1.29 is 0 Å². The molecule has 0 N–H and O–H groups in total. The number of aryl methyl sites for hydroxylation is 4. The van der Waals surface area contributed by atoms with Crippen LogP contribution in [0.5, 0.6) is 0 Å². The molecule has 52 heavy (non-hydrogen) atoms. The minimum atomic E-state index is 1.13. The van der Waals surface area contributed by atoms with Crippen LogP contribution in [0.15, 0.2) is 170 Å². The van der Waals surface area contributed by atoms with Crippen LogP contribution in [-0.2, 0) is 0 Å². The number of benzene rings is 7. The summed E-state index contributed by atoms with van der Waals surface area (Å²) in [5.41, 5.74) is 16.4. The molecule has 2 nitrogen and oxygen atoms in total. The number of hydrogen-bond donors (Lipinski definition) is 0. The highest BCUT2D eigenvalue weighted by Crippen LogP contribution is 2.38. The van der Waals surface area contributed by atoms with Gasteiger partial charge in [0.25, 0.3) is 0 Å². The molecule has 0 spiro atoms. The SMILES string of the molecule is Cc1ccc(N(c2ccc(C)cc2)c2ccc(C=Cc3ccc(C=Cc4ccccc4N(c4ccc(C)cc4)c4ccc(C)cc4)cc3)cc2)cc1. The zero-order valence-electron chi connectivity index (χ0n) is 30.4. The zero-order valence-corrected chi connectivity index (χ0v) is 30.4. The zero-order chi connectivity index (χ0) is 35.9. The molecule has 0 aliphatic heterocycles. The molecule has 0 heterocycles. The van der Waals surface area contributed by atoms with Crippen LogP contribution >= 0.6 is 0 Å². The Morgan fingerprint density at radius 1 is 0.288 bits per heavy atom. The van der Waals surface area contributed by atoms with Crippen molar-refractivity contribution in [2.45, 2.75) is 27.7 Å². The molecule has 7 aromatic rings. The van der Waals surface area contributed by atoms with E-state index >= 15 is 0 Å². The van der Waals surface area contributed by atoms with Gasteiger partial charge < -0.3 is 9.80 Å².